The quantitative estimate of drug-likeness (QED) is 0.744. The molecule has 0 aromatic carbocycles. The Bertz CT molecular complexity index is 434. The number of carbonyl (C=O) groups excluding carboxylic acids is 2. The van der Waals surface area contributed by atoms with Crippen molar-refractivity contribution in [1.29, 1.82) is 0 Å². The van der Waals surface area contributed by atoms with Gasteiger partial charge in [-0.25, -0.2) is 4.79 Å². The van der Waals surface area contributed by atoms with Crippen molar-refractivity contribution < 1.29 is 19.5 Å². The number of piperidine rings is 1. The number of carboxylic acids is 1. The van der Waals surface area contributed by atoms with Crippen LogP contribution in [0.4, 0.5) is 0 Å². The van der Waals surface area contributed by atoms with Crippen LogP contribution in [0.3, 0.4) is 0 Å². The Balaban J connectivity index is 1.87. The van der Waals surface area contributed by atoms with E-state index in [1.54, 1.807) is 4.90 Å². The summed E-state index contributed by atoms with van der Waals surface area (Å²) in [4.78, 5) is 37.3. The van der Waals surface area contributed by atoms with Gasteiger partial charge in [0.25, 0.3) is 0 Å². The minimum Gasteiger partial charge on any atom is -0.480 e. The first-order valence-electron chi connectivity index (χ1n) is 8.32. The topological polar surface area (TPSA) is 86.7 Å². The molecule has 124 valence electrons. The van der Waals surface area contributed by atoms with Gasteiger partial charge < -0.3 is 15.3 Å². The first-order chi connectivity index (χ1) is 10.5. The van der Waals surface area contributed by atoms with E-state index in [0.717, 1.165) is 32.1 Å². The molecule has 1 aliphatic heterocycles. The lowest BCUT2D eigenvalue weighted by Gasteiger charge is -2.32. The zero-order valence-corrected chi connectivity index (χ0v) is 13.2. The highest BCUT2D eigenvalue weighted by molar-refractivity contribution is 5.86. The molecular weight excluding hydrogens is 284 g/mol. The summed E-state index contributed by atoms with van der Waals surface area (Å²) in [5.41, 5.74) is 0. The molecule has 0 radical (unpaired) electrons. The second-order valence-electron chi connectivity index (χ2n) is 6.51. The number of nitrogens with one attached hydrogen (secondary N) is 1. The van der Waals surface area contributed by atoms with Crippen molar-refractivity contribution in [2.24, 2.45) is 11.8 Å². The molecule has 2 fully saturated rings. The minimum atomic E-state index is -0.963. The van der Waals surface area contributed by atoms with Crippen molar-refractivity contribution in [3.63, 3.8) is 0 Å². The number of amides is 2. The zero-order chi connectivity index (χ0) is 16.1. The highest BCUT2D eigenvalue weighted by atomic mass is 16.4. The van der Waals surface area contributed by atoms with Gasteiger partial charge >= 0.3 is 5.97 Å². The summed E-state index contributed by atoms with van der Waals surface area (Å²) < 4.78 is 0. The Morgan fingerprint density at radius 1 is 1.27 bits per heavy atom. The van der Waals surface area contributed by atoms with Gasteiger partial charge in [-0.3, -0.25) is 9.59 Å². The maximum Gasteiger partial charge on any atom is 0.326 e. The average molecular weight is 310 g/mol. The van der Waals surface area contributed by atoms with Gasteiger partial charge in [-0.15, -0.1) is 0 Å². The summed E-state index contributed by atoms with van der Waals surface area (Å²) in [5.74, 6) is -0.934. The number of hydrogen-bond acceptors (Lipinski definition) is 3. The molecule has 2 amide bonds. The Morgan fingerprint density at radius 2 is 2.00 bits per heavy atom. The molecule has 2 atom stereocenters. The van der Waals surface area contributed by atoms with Gasteiger partial charge in [-0.05, 0) is 31.6 Å². The molecule has 2 unspecified atom stereocenters. The molecule has 1 saturated heterocycles. The molecule has 2 rings (SSSR count). The Labute approximate surface area is 131 Å². The van der Waals surface area contributed by atoms with Crippen LogP contribution in [-0.4, -0.2) is 46.9 Å². The number of carbonyl (C=O) groups is 3. The fraction of sp³-hybridized carbons (Fsp3) is 0.812. The number of nitrogens with zero attached hydrogens (tertiary/aromatic N) is 1. The van der Waals surface area contributed by atoms with Crippen LogP contribution in [0.15, 0.2) is 0 Å². The molecule has 0 spiro atoms. The van der Waals surface area contributed by atoms with E-state index < -0.39 is 12.0 Å². The van der Waals surface area contributed by atoms with Gasteiger partial charge in [-0.2, -0.15) is 0 Å². The first kappa shape index (κ1) is 16.8. The maximum absolute atomic E-state index is 12.3. The van der Waals surface area contributed by atoms with Crippen LogP contribution in [0.25, 0.3) is 0 Å². The van der Waals surface area contributed by atoms with Crippen molar-refractivity contribution in [2.45, 2.75) is 57.9 Å². The Morgan fingerprint density at radius 3 is 2.59 bits per heavy atom. The van der Waals surface area contributed by atoms with E-state index in [4.69, 9.17) is 0 Å². The van der Waals surface area contributed by atoms with Crippen molar-refractivity contribution in [1.82, 2.24) is 10.2 Å². The molecule has 0 bridgehead atoms. The number of hydrogen-bond donors (Lipinski definition) is 2. The van der Waals surface area contributed by atoms with E-state index >= 15 is 0 Å². The molecule has 0 aromatic heterocycles. The fourth-order valence-electron chi connectivity index (χ4n) is 2.99. The maximum atomic E-state index is 12.3. The smallest absolute Gasteiger partial charge is 0.326 e. The lowest BCUT2D eigenvalue weighted by molar-refractivity contribution is -0.144. The van der Waals surface area contributed by atoms with E-state index in [1.165, 1.54) is 0 Å². The highest BCUT2D eigenvalue weighted by Gasteiger charge is 2.33. The van der Waals surface area contributed by atoms with E-state index in [9.17, 15) is 19.5 Å². The molecule has 1 heterocycles. The summed E-state index contributed by atoms with van der Waals surface area (Å²) in [5, 5.41) is 11.9. The predicted octanol–water partition coefficient (Wildman–Crippen LogP) is 1.39. The summed E-state index contributed by atoms with van der Waals surface area (Å²) in [6, 6.07) is -0.790. The highest BCUT2D eigenvalue weighted by Crippen LogP contribution is 2.33. The van der Waals surface area contributed by atoms with Gasteiger partial charge in [0.2, 0.25) is 11.8 Å². The standard InChI is InChI=1S/C16H26N2O4/c1-2-4-14(19)18-8-3-5-12(10-18)15(20)17-13(16(21)22)9-11-6-7-11/h11-13H,2-10H2,1H3,(H,17,20)(H,21,22). The molecule has 6 heteroatoms. The summed E-state index contributed by atoms with van der Waals surface area (Å²) in [6.45, 7) is 3.08. The van der Waals surface area contributed by atoms with Crippen LogP contribution < -0.4 is 5.32 Å². The van der Waals surface area contributed by atoms with Crippen LogP contribution in [0.1, 0.15) is 51.9 Å². The van der Waals surface area contributed by atoms with Crippen molar-refractivity contribution in [2.75, 3.05) is 13.1 Å². The summed E-state index contributed by atoms with van der Waals surface area (Å²) in [6.07, 6.45) is 5.46. The Hall–Kier alpha value is -1.59. The fourth-order valence-corrected chi connectivity index (χ4v) is 2.99. The van der Waals surface area contributed by atoms with Gasteiger partial charge in [0.1, 0.15) is 6.04 Å². The summed E-state index contributed by atoms with van der Waals surface area (Å²) >= 11 is 0. The van der Waals surface area contributed by atoms with E-state index in [1.807, 2.05) is 6.92 Å². The van der Waals surface area contributed by atoms with Gasteiger partial charge in [0, 0.05) is 19.5 Å². The third kappa shape index (κ3) is 4.71. The van der Waals surface area contributed by atoms with Crippen LogP contribution in [0.5, 0.6) is 0 Å². The monoisotopic (exact) mass is 310 g/mol. The largest absolute Gasteiger partial charge is 0.480 e. The SMILES string of the molecule is CCCC(=O)N1CCCC(C(=O)NC(CC2CC2)C(=O)O)C1. The van der Waals surface area contributed by atoms with E-state index in [0.29, 0.717) is 31.8 Å². The predicted molar refractivity (Wildman–Crippen MR) is 81.1 cm³/mol. The minimum absolute atomic E-state index is 0.0905. The van der Waals surface area contributed by atoms with Crippen LogP contribution in [-0.2, 0) is 14.4 Å². The van der Waals surface area contributed by atoms with E-state index in [-0.39, 0.29) is 17.7 Å². The van der Waals surface area contributed by atoms with Crippen LogP contribution in [0, 0.1) is 11.8 Å². The van der Waals surface area contributed by atoms with Crippen molar-refractivity contribution >= 4 is 17.8 Å². The zero-order valence-electron chi connectivity index (χ0n) is 13.2. The van der Waals surface area contributed by atoms with Gasteiger partial charge in [0.15, 0.2) is 0 Å². The molecule has 1 saturated carbocycles. The summed E-state index contributed by atoms with van der Waals surface area (Å²) in [7, 11) is 0. The third-order valence-electron chi connectivity index (χ3n) is 4.49. The number of rotatable bonds is 7. The molecule has 1 aliphatic carbocycles. The first-order valence-corrected chi connectivity index (χ1v) is 8.32. The normalized spacial score (nSPS) is 23.0. The van der Waals surface area contributed by atoms with Gasteiger partial charge in [0.05, 0.1) is 5.92 Å². The average Bonchev–Trinajstić information content (AvgIpc) is 3.31. The lowest BCUT2D eigenvalue weighted by Crippen LogP contribution is -2.49. The second-order valence-corrected chi connectivity index (χ2v) is 6.51. The molecule has 0 aromatic rings. The molecular formula is C16H26N2O4. The van der Waals surface area contributed by atoms with Gasteiger partial charge in [-0.1, -0.05) is 19.8 Å². The third-order valence-corrected chi connectivity index (χ3v) is 4.49. The van der Waals surface area contributed by atoms with Crippen LogP contribution in [0.2, 0.25) is 0 Å². The molecule has 2 N–H and O–H groups in total. The van der Waals surface area contributed by atoms with Crippen molar-refractivity contribution in [3.05, 3.63) is 0 Å². The van der Waals surface area contributed by atoms with Crippen LogP contribution >= 0.6 is 0 Å². The van der Waals surface area contributed by atoms with E-state index in [2.05, 4.69) is 5.32 Å². The second kappa shape index (κ2) is 7.61. The Kier molecular flexibility index (Phi) is 5.80. The number of aliphatic carboxylic acids is 1. The molecule has 2 aliphatic rings. The lowest BCUT2D eigenvalue weighted by atomic mass is 9.96. The molecule has 22 heavy (non-hydrogen) atoms. The number of likely N-dealkylation sites (tertiary alicyclic amines) is 1. The molecule has 6 nitrogen and oxygen atoms in total. The number of carboxylic acid groups (broad SMARTS) is 1. The van der Waals surface area contributed by atoms with Crippen molar-refractivity contribution in [3.8, 4) is 0 Å².